The van der Waals surface area contributed by atoms with Crippen LogP contribution >= 0.6 is 0 Å². The molecule has 0 saturated carbocycles. The van der Waals surface area contributed by atoms with Crippen LogP contribution in [-0.4, -0.2) is 21.2 Å². The van der Waals surface area contributed by atoms with E-state index in [0.29, 0.717) is 16.9 Å². The molecule has 4 heteroatoms. The van der Waals surface area contributed by atoms with Crippen LogP contribution in [0, 0.1) is 6.92 Å². The summed E-state index contributed by atoms with van der Waals surface area (Å²) in [5.41, 5.74) is 2.07. The summed E-state index contributed by atoms with van der Waals surface area (Å²) < 4.78 is 0. The van der Waals surface area contributed by atoms with Gasteiger partial charge in [0.1, 0.15) is 11.3 Å². The molecule has 0 bridgehead atoms. The molecule has 0 saturated heterocycles. The van der Waals surface area contributed by atoms with Gasteiger partial charge in [0, 0.05) is 6.20 Å². The van der Waals surface area contributed by atoms with Crippen LogP contribution in [0.4, 0.5) is 0 Å². The van der Waals surface area contributed by atoms with E-state index in [1.165, 1.54) is 0 Å². The highest BCUT2D eigenvalue weighted by Crippen LogP contribution is 2.12. The molecule has 0 aromatic carbocycles. The summed E-state index contributed by atoms with van der Waals surface area (Å²) >= 11 is 0. The number of rotatable bonds is 1. The Morgan fingerprint density at radius 3 is 3.17 bits per heavy atom. The molecule has 0 amide bonds. The maximum Gasteiger partial charge on any atom is 0.153 e. The summed E-state index contributed by atoms with van der Waals surface area (Å²) in [4.78, 5) is 21.6. The zero-order valence-corrected chi connectivity index (χ0v) is 6.53. The molecule has 2 rings (SSSR count). The predicted octanol–water partition coefficient (Wildman–Crippen LogP) is 1.08. The number of nitrogens with one attached hydrogen (secondary N) is 1. The van der Waals surface area contributed by atoms with Gasteiger partial charge in [-0.25, -0.2) is 9.97 Å². The van der Waals surface area contributed by atoms with Gasteiger partial charge in [-0.1, -0.05) is 0 Å². The van der Waals surface area contributed by atoms with Crippen LogP contribution in [0.1, 0.15) is 16.2 Å². The number of carbonyl (C=O) groups is 1. The summed E-state index contributed by atoms with van der Waals surface area (Å²) in [6, 6.07) is 0. The van der Waals surface area contributed by atoms with E-state index in [0.717, 1.165) is 11.8 Å². The molecule has 1 N–H and O–H groups in total. The zero-order chi connectivity index (χ0) is 8.55. The van der Waals surface area contributed by atoms with Crippen molar-refractivity contribution < 1.29 is 4.79 Å². The van der Waals surface area contributed by atoms with Gasteiger partial charge in [0.05, 0.1) is 17.3 Å². The van der Waals surface area contributed by atoms with Crippen molar-refractivity contribution in [2.45, 2.75) is 6.92 Å². The average molecular weight is 161 g/mol. The van der Waals surface area contributed by atoms with Crippen molar-refractivity contribution in [3.63, 3.8) is 0 Å². The van der Waals surface area contributed by atoms with Gasteiger partial charge in [-0.2, -0.15) is 0 Å². The molecule has 2 heterocycles. The van der Waals surface area contributed by atoms with Crippen LogP contribution in [-0.2, 0) is 0 Å². The minimum absolute atomic E-state index is 0.579. The third-order valence-corrected chi connectivity index (χ3v) is 1.69. The van der Waals surface area contributed by atoms with E-state index >= 15 is 0 Å². The van der Waals surface area contributed by atoms with E-state index in [9.17, 15) is 4.79 Å². The Balaban J connectivity index is 2.83. The Bertz CT molecular complexity index is 433. The molecule has 0 fully saturated rings. The second-order valence-electron chi connectivity index (χ2n) is 2.54. The molecular weight excluding hydrogens is 154 g/mol. The van der Waals surface area contributed by atoms with E-state index in [-0.39, 0.29) is 0 Å². The Morgan fingerprint density at radius 2 is 2.42 bits per heavy atom. The van der Waals surface area contributed by atoms with Crippen LogP contribution in [0.15, 0.2) is 12.4 Å². The smallest absolute Gasteiger partial charge is 0.153 e. The van der Waals surface area contributed by atoms with Gasteiger partial charge in [0.2, 0.25) is 0 Å². The van der Waals surface area contributed by atoms with Crippen LogP contribution < -0.4 is 0 Å². The maximum atomic E-state index is 10.5. The molecule has 0 aliphatic heterocycles. The normalized spacial score (nSPS) is 10.4. The Morgan fingerprint density at radius 1 is 1.58 bits per heavy atom. The highest BCUT2D eigenvalue weighted by Gasteiger charge is 2.03. The van der Waals surface area contributed by atoms with Gasteiger partial charge in [0.25, 0.3) is 0 Å². The summed E-state index contributed by atoms with van der Waals surface area (Å²) in [7, 11) is 0. The number of H-pyrrole nitrogens is 1. The monoisotopic (exact) mass is 161 g/mol. The minimum Gasteiger partial charge on any atom is -0.358 e. The average Bonchev–Trinajstić information content (AvgIpc) is 2.46. The number of hydrogen-bond donors (Lipinski definition) is 1. The van der Waals surface area contributed by atoms with E-state index < -0.39 is 0 Å². The van der Waals surface area contributed by atoms with Crippen LogP contribution in [0.25, 0.3) is 11.0 Å². The third kappa shape index (κ3) is 0.887. The van der Waals surface area contributed by atoms with Crippen LogP contribution in [0.3, 0.4) is 0 Å². The van der Waals surface area contributed by atoms with Gasteiger partial charge >= 0.3 is 0 Å². The molecule has 12 heavy (non-hydrogen) atoms. The number of hydrogen-bond acceptors (Lipinski definition) is 3. The number of nitrogens with zero attached hydrogens (tertiary/aromatic N) is 2. The molecule has 0 spiro atoms. The number of aldehydes is 1. The van der Waals surface area contributed by atoms with Gasteiger partial charge in [-0.05, 0) is 6.92 Å². The topological polar surface area (TPSA) is 58.6 Å². The van der Waals surface area contributed by atoms with Crippen molar-refractivity contribution >= 4 is 17.3 Å². The zero-order valence-electron chi connectivity index (χ0n) is 6.53. The van der Waals surface area contributed by atoms with Crippen molar-refractivity contribution in [1.82, 2.24) is 15.0 Å². The van der Waals surface area contributed by atoms with Crippen molar-refractivity contribution in [2.75, 3.05) is 0 Å². The van der Waals surface area contributed by atoms with Gasteiger partial charge in [-0.3, -0.25) is 4.79 Å². The van der Waals surface area contributed by atoms with Crippen molar-refractivity contribution in [1.29, 1.82) is 0 Å². The molecule has 60 valence electrons. The Kier molecular flexibility index (Phi) is 1.40. The molecule has 0 aliphatic carbocycles. The molecule has 2 aromatic heterocycles. The van der Waals surface area contributed by atoms with Gasteiger partial charge in [0.15, 0.2) is 6.29 Å². The lowest BCUT2D eigenvalue weighted by Gasteiger charge is -1.90. The van der Waals surface area contributed by atoms with E-state index in [1.54, 1.807) is 19.3 Å². The predicted molar refractivity (Wildman–Crippen MR) is 44.0 cm³/mol. The van der Waals surface area contributed by atoms with Crippen molar-refractivity contribution in [2.24, 2.45) is 0 Å². The molecule has 0 unspecified atom stereocenters. The van der Waals surface area contributed by atoms with Crippen molar-refractivity contribution in [3.8, 4) is 0 Å². The molecule has 0 atom stereocenters. The quantitative estimate of drug-likeness (QED) is 0.636. The lowest BCUT2D eigenvalue weighted by Crippen LogP contribution is -1.87. The molecule has 0 aliphatic rings. The fourth-order valence-electron chi connectivity index (χ4n) is 1.11. The van der Waals surface area contributed by atoms with E-state index in [4.69, 9.17) is 0 Å². The molecule has 4 nitrogen and oxygen atoms in total. The largest absolute Gasteiger partial charge is 0.358 e. The number of aromatic nitrogens is 3. The van der Waals surface area contributed by atoms with Gasteiger partial charge < -0.3 is 4.98 Å². The lowest BCUT2D eigenvalue weighted by atomic mass is 10.3. The second kappa shape index (κ2) is 2.41. The first-order valence-electron chi connectivity index (χ1n) is 3.57. The third-order valence-electron chi connectivity index (χ3n) is 1.69. The van der Waals surface area contributed by atoms with Gasteiger partial charge in [-0.15, -0.1) is 0 Å². The Hall–Kier alpha value is -1.71. The highest BCUT2D eigenvalue weighted by atomic mass is 16.1. The minimum atomic E-state index is 0.579. The number of carbonyl (C=O) groups excluding carboxylic acids is 1. The molecular formula is C8H7N3O. The number of fused-ring (bicyclic) bond motifs is 1. The first kappa shape index (κ1) is 6.97. The first-order valence-corrected chi connectivity index (χ1v) is 3.57. The second-order valence-corrected chi connectivity index (χ2v) is 2.54. The maximum absolute atomic E-state index is 10.5. The van der Waals surface area contributed by atoms with E-state index in [1.807, 2.05) is 0 Å². The van der Waals surface area contributed by atoms with Crippen LogP contribution in [0.5, 0.6) is 0 Å². The summed E-state index contributed by atoms with van der Waals surface area (Å²) in [6.07, 6.45) is 4.09. The summed E-state index contributed by atoms with van der Waals surface area (Å²) in [6.45, 7) is 1.79. The van der Waals surface area contributed by atoms with Crippen LogP contribution in [0.2, 0.25) is 0 Å². The number of aromatic amines is 1. The summed E-state index contributed by atoms with van der Waals surface area (Å²) in [5, 5.41) is 0. The van der Waals surface area contributed by atoms with Crippen molar-refractivity contribution in [3.05, 3.63) is 23.8 Å². The summed E-state index contributed by atoms with van der Waals surface area (Å²) in [5.74, 6) is 0.671. The standard InChI is InChI=1S/C8H7N3O/c1-5-9-3-7-8(11-5)6(4-12)2-10-7/h2-4,10H,1H3. The fraction of sp³-hybridized carbons (Fsp3) is 0.125. The molecule has 2 aromatic rings. The molecule has 0 radical (unpaired) electrons. The Labute approximate surface area is 68.7 Å². The number of aryl methyl sites for hydroxylation is 1. The first-order chi connectivity index (χ1) is 5.81. The van der Waals surface area contributed by atoms with E-state index in [2.05, 4.69) is 15.0 Å². The SMILES string of the molecule is Cc1ncc2[nH]cc(C=O)c2n1. The fourth-order valence-corrected chi connectivity index (χ4v) is 1.11. The highest BCUT2D eigenvalue weighted by molar-refractivity contribution is 5.94. The lowest BCUT2D eigenvalue weighted by molar-refractivity contribution is 0.112.